The average molecular weight is 323 g/mol. The lowest BCUT2D eigenvalue weighted by atomic mass is 10.1. The monoisotopic (exact) mass is 323 g/mol. The lowest BCUT2D eigenvalue weighted by Crippen LogP contribution is -2.43. The number of hydrogen-bond donors (Lipinski definition) is 2. The van der Waals surface area contributed by atoms with E-state index in [0.29, 0.717) is 35.8 Å². The molecular weight excluding hydrogens is 294 g/mol. The van der Waals surface area contributed by atoms with Crippen LogP contribution < -0.4 is 24.8 Å². The summed E-state index contributed by atoms with van der Waals surface area (Å²) in [6, 6.07) is 4.00. The molecule has 130 valence electrons. The zero-order valence-electron chi connectivity index (χ0n) is 15.2. The van der Waals surface area contributed by atoms with E-state index in [1.807, 2.05) is 12.1 Å². The van der Waals surface area contributed by atoms with Crippen molar-refractivity contribution in [3.63, 3.8) is 0 Å². The molecule has 1 unspecified atom stereocenters. The van der Waals surface area contributed by atoms with Gasteiger partial charge in [-0.3, -0.25) is 4.99 Å². The highest BCUT2D eigenvalue weighted by atomic mass is 16.5. The third-order valence-electron chi connectivity index (χ3n) is 3.84. The second-order valence-corrected chi connectivity index (χ2v) is 5.61. The van der Waals surface area contributed by atoms with Gasteiger partial charge in [-0.05, 0) is 12.8 Å². The smallest absolute Gasteiger partial charge is 0.191 e. The van der Waals surface area contributed by atoms with E-state index < -0.39 is 0 Å². The van der Waals surface area contributed by atoms with Gasteiger partial charge in [0.2, 0.25) is 0 Å². The summed E-state index contributed by atoms with van der Waals surface area (Å²) in [6.07, 6.45) is 0. The van der Waals surface area contributed by atoms with E-state index >= 15 is 0 Å². The first-order valence-corrected chi connectivity index (χ1v) is 7.72. The molecule has 6 nitrogen and oxygen atoms in total. The molecule has 0 radical (unpaired) electrons. The maximum absolute atomic E-state index is 5.46. The van der Waals surface area contributed by atoms with Gasteiger partial charge < -0.3 is 24.8 Å². The molecule has 0 aliphatic rings. The third-order valence-corrected chi connectivity index (χ3v) is 3.84. The highest BCUT2D eigenvalue weighted by molar-refractivity contribution is 5.80. The molecule has 1 aromatic carbocycles. The van der Waals surface area contributed by atoms with Crippen LogP contribution in [0.15, 0.2) is 17.1 Å². The van der Waals surface area contributed by atoms with Crippen molar-refractivity contribution in [1.82, 2.24) is 10.6 Å². The molecule has 0 amide bonds. The normalized spacial score (nSPS) is 12.8. The van der Waals surface area contributed by atoms with Crippen LogP contribution in [0.3, 0.4) is 0 Å². The van der Waals surface area contributed by atoms with Crippen molar-refractivity contribution in [2.24, 2.45) is 10.9 Å². The summed E-state index contributed by atoms with van der Waals surface area (Å²) in [6.45, 7) is 6.99. The molecule has 1 rings (SSSR count). The van der Waals surface area contributed by atoms with Gasteiger partial charge >= 0.3 is 0 Å². The highest BCUT2D eigenvalue weighted by Gasteiger charge is 2.15. The van der Waals surface area contributed by atoms with Crippen molar-refractivity contribution in [3.8, 4) is 17.2 Å². The maximum Gasteiger partial charge on any atom is 0.191 e. The van der Waals surface area contributed by atoms with Gasteiger partial charge in [0.25, 0.3) is 0 Å². The number of benzene rings is 1. The van der Waals surface area contributed by atoms with E-state index in [2.05, 4.69) is 36.4 Å². The summed E-state index contributed by atoms with van der Waals surface area (Å²) in [5.41, 5.74) is 0.913. The molecule has 2 N–H and O–H groups in total. The molecule has 0 fully saturated rings. The van der Waals surface area contributed by atoms with Crippen LogP contribution in [-0.2, 0) is 6.54 Å². The van der Waals surface area contributed by atoms with Gasteiger partial charge in [-0.2, -0.15) is 0 Å². The van der Waals surface area contributed by atoms with Crippen LogP contribution in [0.2, 0.25) is 0 Å². The van der Waals surface area contributed by atoms with Crippen LogP contribution in [0, 0.1) is 5.92 Å². The van der Waals surface area contributed by atoms with Crippen LogP contribution in [-0.4, -0.2) is 40.4 Å². The Hall–Kier alpha value is -2.11. The molecule has 0 spiro atoms. The molecule has 0 saturated heterocycles. The Morgan fingerprint density at radius 3 is 2.00 bits per heavy atom. The van der Waals surface area contributed by atoms with E-state index in [-0.39, 0.29) is 0 Å². The van der Waals surface area contributed by atoms with Crippen LogP contribution >= 0.6 is 0 Å². The number of nitrogens with one attached hydrogen (secondary N) is 2. The molecule has 0 bridgehead atoms. The minimum Gasteiger partial charge on any atom is -0.496 e. The number of nitrogens with zero attached hydrogens (tertiary/aromatic N) is 1. The lowest BCUT2D eigenvalue weighted by Gasteiger charge is -2.22. The predicted molar refractivity (Wildman–Crippen MR) is 93.7 cm³/mol. The van der Waals surface area contributed by atoms with E-state index in [9.17, 15) is 0 Å². The summed E-state index contributed by atoms with van der Waals surface area (Å²) < 4.78 is 16.2. The van der Waals surface area contributed by atoms with Crippen LogP contribution in [0.1, 0.15) is 26.3 Å². The molecule has 0 saturated carbocycles. The van der Waals surface area contributed by atoms with Crippen LogP contribution in [0.4, 0.5) is 0 Å². The minimum atomic E-state index is 0.320. The van der Waals surface area contributed by atoms with E-state index in [1.165, 1.54) is 0 Å². The Bertz CT molecular complexity index is 505. The largest absolute Gasteiger partial charge is 0.496 e. The van der Waals surface area contributed by atoms with Crippen molar-refractivity contribution in [2.45, 2.75) is 33.4 Å². The van der Waals surface area contributed by atoms with Crippen molar-refractivity contribution in [3.05, 3.63) is 17.7 Å². The fourth-order valence-electron chi connectivity index (χ4n) is 2.00. The second-order valence-electron chi connectivity index (χ2n) is 5.61. The fraction of sp³-hybridized carbons (Fsp3) is 0.588. The summed E-state index contributed by atoms with van der Waals surface area (Å²) in [7, 11) is 6.63. The maximum atomic E-state index is 5.46. The van der Waals surface area contributed by atoms with Gasteiger partial charge in [-0.1, -0.05) is 13.8 Å². The van der Waals surface area contributed by atoms with Crippen LogP contribution in [0.5, 0.6) is 17.2 Å². The van der Waals surface area contributed by atoms with E-state index in [0.717, 1.165) is 11.5 Å². The lowest BCUT2D eigenvalue weighted by molar-refractivity contribution is 0.368. The summed E-state index contributed by atoms with van der Waals surface area (Å²) in [4.78, 5) is 4.26. The molecule has 0 aromatic heterocycles. The SMILES string of the molecule is CN=C(NCc1c(OC)cc(OC)cc1OC)NC(C)C(C)C. The summed E-state index contributed by atoms with van der Waals surface area (Å²) in [5.74, 6) is 3.37. The molecule has 0 aliphatic heterocycles. The first-order chi connectivity index (χ1) is 11.0. The number of methoxy groups -OCH3 is 3. The Morgan fingerprint density at radius 2 is 1.61 bits per heavy atom. The van der Waals surface area contributed by atoms with Crippen molar-refractivity contribution >= 4 is 5.96 Å². The van der Waals surface area contributed by atoms with Gasteiger partial charge in [0, 0.05) is 25.2 Å². The Kier molecular flexibility index (Phi) is 7.51. The number of ether oxygens (including phenoxy) is 3. The number of aliphatic imine (C=N–C) groups is 1. The van der Waals surface area contributed by atoms with Crippen molar-refractivity contribution < 1.29 is 14.2 Å². The van der Waals surface area contributed by atoms with Gasteiger partial charge in [-0.25, -0.2) is 0 Å². The molecular formula is C17H29N3O3. The highest BCUT2D eigenvalue weighted by Crippen LogP contribution is 2.33. The predicted octanol–water partition coefficient (Wildman–Crippen LogP) is 2.42. The molecule has 1 aromatic rings. The van der Waals surface area contributed by atoms with Gasteiger partial charge in [-0.15, -0.1) is 0 Å². The zero-order valence-corrected chi connectivity index (χ0v) is 15.2. The topological polar surface area (TPSA) is 64.1 Å². The van der Waals surface area contributed by atoms with Crippen LogP contribution in [0.25, 0.3) is 0 Å². The van der Waals surface area contributed by atoms with Crippen molar-refractivity contribution in [1.29, 1.82) is 0 Å². The quantitative estimate of drug-likeness (QED) is 0.596. The number of rotatable bonds is 7. The van der Waals surface area contributed by atoms with Gasteiger partial charge in [0.15, 0.2) is 5.96 Å². The molecule has 0 aliphatic carbocycles. The first kappa shape index (κ1) is 18.9. The Morgan fingerprint density at radius 1 is 1.04 bits per heavy atom. The summed E-state index contributed by atoms with van der Waals surface area (Å²) in [5, 5.41) is 6.66. The second kappa shape index (κ2) is 9.12. The molecule has 0 heterocycles. The zero-order chi connectivity index (χ0) is 17.4. The standard InChI is InChI=1S/C17H29N3O3/c1-11(2)12(3)20-17(18-4)19-10-14-15(22-6)8-13(21-5)9-16(14)23-7/h8-9,11-12H,10H2,1-7H3,(H2,18,19,20). The van der Waals surface area contributed by atoms with Gasteiger partial charge in [0.05, 0.1) is 33.4 Å². The summed E-state index contributed by atoms with van der Waals surface area (Å²) >= 11 is 0. The van der Waals surface area contributed by atoms with E-state index in [1.54, 1.807) is 28.4 Å². The Balaban J connectivity index is 2.91. The van der Waals surface area contributed by atoms with Gasteiger partial charge in [0.1, 0.15) is 17.2 Å². The first-order valence-electron chi connectivity index (χ1n) is 7.72. The number of hydrogen-bond acceptors (Lipinski definition) is 4. The fourth-order valence-corrected chi connectivity index (χ4v) is 2.00. The molecule has 23 heavy (non-hydrogen) atoms. The van der Waals surface area contributed by atoms with E-state index in [4.69, 9.17) is 14.2 Å². The average Bonchev–Trinajstić information content (AvgIpc) is 2.57. The molecule has 1 atom stereocenters. The van der Waals surface area contributed by atoms with Crippen molar-refractivity contribution in [2.75, 3.05) is 28.4 Å². The number of guanidine groups is 1. The molecule has 6 heteroatoms. The minimum absolute atomic E-state index is 0.320. The third kappa shape index (κ3) is 5.23. The Labute approximate surface area is 139 Å².